The van der Waals surface area contributed by atoms with Crippen LogP contribution in [0.15, 0.2) is 12.1 Å². The summed E-state index contributed by atoms with van der Waals surface area (Å²) in [5.41, 5.74) is -0.900. The minimum Gasteiger partial charge on any atom is -0.505 e. The molecule has 0 bridgehead atoms. The van der Waals surface area contributed by atoms with Crippen LogP contribution in [0.25, 0.3) is 0 Å². The number of hydrogen-bond acceptors (Lipinski definition) is 4. The summed E-state index contributed by atoms with van der Waals surface area (Å²) in [6, 6.07) is 1.38. The molecule has 0 atom stereocenters. The lowest BCUT2D eigenvalue weighted by molar-refractivity contribution is -0.385. The molecule has 6 nitrogen and oxygen atoms in total. The van der Waals surface area contributed by atoms with E-state index in [2.05, 4.69) is 0 Å². The first-order valence-electron chi connectivity index (χ1n) is 5.47. The first-order valence-corrected chi connectivity index (χ1v) is 5.47. The van der Waals surface area contributed by atoms with Crippen molar-refractivity contribution in [2.75, 3.05) is 13.1 Å². The van der Waals surface area contributed by atoms with Gasteiger partial charge in [-0.25, -0.2) is 4.39 Å². The van der Waals surface area contributed by atoms with Crippen molar-refractivity contribution in [1.82, 2.24) is 4.90 Å². The van der Waals surface area contributed by atoms with Crippen LogP contribution < -0.4 is 0 Å². The fourth-order valence-electron chi connectivity index (χ4n) is 1.96. The van der Waals surface area contributed by atoms with E-state index in [9.17, 15) is 19.3 Å². The van der Waals surface area contributed by atoms with Crippen LogP contribution in [0.2, 0.25) is 0 Å². The van der Waals surface area contributed by atoms with E-state index in [1.54, 1.807) is 0 Å². The van der Waals surface area contributed by atoms with Crippen molar-refractivity contribution < 1.29 is 19.2 Å². The highest BCUT2D eigenvalue weighted by molar-refractivity contribution is 5.98. The van der Waals surface area contributed by atoms with Gasteiger partial charge in [-0.3, -0.25) is 14.9 Å². The molecule has 0 unspecified atom stereocenters. The lowest BCUT2D eigenvalue weighted by Gasteiger charge is -2.15. The largest absolute Gasteiger partial charge is 0.505 e. The minimum atomic E-state index is -1.04. The highest BCUT2D eigenvalue weighted by atomic mass is 19.1. The van der Waals surface area contributed by atoms with E-state index >= 15 is 0 Å². The Morgan fingerprint density at radius 1 is 1.39 bits per heavy atom. The number of aromatic hydroxyl groups is 1. The predicted octanol–water partition coefficient (Wildman–Crippen LogP) is 1.68. The zero-order chi connectivity index (χ0) is 13.3. The topological polar surface area (TPSA) is 83.7 Å². The second kappa shape index (κ2) is 4.59. The van der Waals surface area contributed by atoms with Gasteiger partial charge in [0, 0.05) is 13.1 Å². The molecule has 1 amide bonds. The van der Waals surface area contributed by atoms with Gasteiger partial charge in [0.15, 0.2) is 11.6 Å². The van der Waals surface area contributed by atoms with Crippen LogP contribution in [0, 0.1) is 15.9 Å². The zero-order valence-corrected chi connectivity index (χ0v) is 9.43. The third-order valence-electron chi connectivity index (χ3n) is 2.89. The van der Waals surface area contributed by atoms with Gasteiger partial charge >= 0.3 is 0 Å². The van der Waals surface area contributed by atoms with Gasteiger partial charge < -0.3 is 10.0 Å². The standard InChI is InChI=1S/C11H11FN2O4/c12-8-5-7(9(14(17)18)6-10(8)15)11(16)13-3-1-2-4-13/h5-6,15H,1-4H2. The van der Waals surface area contributed by atoms with E-state index in [0.717, 1.165) is 12.8 Å². The van der Waals surface area contributed by atoms with E-state index in [4.69, 9.17) is 5.11 Å². The number of amides is 1. The Bertz CT molecular complexity index is 512. The second-order valence-electron chi connectivity index (χ2n) is 4.08. The summed E-state index contributed by atoms with van der Waals surface area (Å²) in [5.74, 6) is -2.44. The molecule has 7 heteroatoms. The number of rotatable bonds is 2. The van der Waals surface area contributed by atoms with Crippen LogP contribution >= 0.6 is 0 Å². The fraction of sp³-hybridized carbons (Fsp3) is 0.364. The van der Waals surface area contributed by atoms with Gasteiger partial charge in [0.05, 0.1) is 11.0 Å². The summed E-state index contributed by atoms with van der Waals surface area (Å²) in [6.45, 7) is 1.02. The molecule has 0 radical (unpaired) electrons. The van der Waals surface area contributed by atoms with Gasteiger partial charge in [-0.2, -0.15) is 0 Å². The number of nitrogens with zero attached hydrogens (tertiary/aromatic N) is 2. The maximum atomic E-state index is 13.2. The van der Waals surface area contributed by atoms with Crippen molar-refractivity contribution in [1.29, 1.82) is 0 Å². The maximum Gasteiger partial charge on any atom is 0.286 e. The first-order chi connectivity index (χ1) is 8.50. The summed E-state index contributed by atoms with van der Waals surface area (Å²) < 4.78 is 13.2. The summed E-state index contributed by atoms with van der Waals surface area (Å²) >= 11 is 0. The number of benzene rings is 1. The monoisotopic (exact) mass is 254 g/mol. The molecule has 96 valence electrons. The van der Waals surface area contributed by atoms with E-state index in [-0.39, 0.29) is 5.56 Å². The molecular formula is C11H11FN2O4. The summed E-state index contributed by atoms with van der Waals surface area (Å²) in [7, 11) is 0. The Kier molecular flexibility index (Phi) is 3.14. The molecule has 0 aromatic heterocycles. The van der Waals surface area contributed by atoms with Gasteiger partial charge in [0.1, 0.15) is 5.56 Å². The third-order valence-corrected chi connectivity index (χ3v) is 2.89. The van der Waals surface area contributed by atoms with Crippen LogP contribution in [0.3, 0.4) is 0 Å². The Morgan fingerprint density at radius 2 is 2.00 bits per heavy atom. The van der Waals surface area contributed by atoms with Crippen LogP contribution in [0.4, 0.5) is 10.1 Å². The predicted molar refractivity (Wildman–Crippen MR) is 59.9 cm³/mol. The molecule has 1 saturated heterocycles. The minimum absolute atomic E-state index is 0.322. The number of nitro benzene ring substituents is 1. The molecule has 1 aromatic carbocycles. The molecule has 1 heterocycles. The van der Waals surface area contributed by atoms with E-state index in [0.29, 0.717) is 25.2 Å². The Morgan fingerprint density at radius 3 is 2.56 bits per heavy atom. The van der Waals surface area contributed by atoms with Gasteiger partial charge in [-0.05, 0) is 18.9 Å². The number of carbonyl (C=O) groups is 1. The number of halogens is 1. The van der Waals surface area contributed by atoms with Crippen molar-refractivity contribution in [2.24, 2.45) is 0 Å². The lowest BCUT2D eigenvalue weighted by Crippen LogP contribution is -2.28. The smallest absolute Gasteiger partial charge is 0.286 e. The lowest BCUT2D eigenvalue weighted by atomic mass is 10.1. The van der Waals surface area contributed by atoms with Crippen molar-refractivity contribution in [3.05, 3.63) is 33.6 Å². The highest BCUT2D eigenvalue weighted by Gasteiger charge is 2.28. The van der Waals surface area contributed by atoms with Crippen LogP contribution in [0.1, 0.15) is 23.2 Å². The first kappa shape index (κ1) is 12.3. The molecule has 1 N–H and O–H groups in total. The number of nitro groups is 1. The molecule has 0 spiro atoms. The molecule has 1 aromatic rings. The normalized spacial score (nSPS) is 14.8. The van der Waals surface area contributed by atoms with Gasteiger partial charge in [-0.15, -0.1) is 0 Å². The Balaban J connectivity index is 2.44. The number of carbonyl (C=O) groups excluding carboxylic acids is 1. The highest BCUT2D eigenvalue weighted by Crippen LogP contribution is 2.28. The maximum absolute atomic E-state index is 13.2. The zero-order valence-electron chi connectivity index (χ0n) is 9.43. The number of phenolic OH excluding ortho intramolecular Hbond substituents is 1. The average Bonchev–Trinajstić information content (AvgIpc) is 2.84. The Labute approximate surface area is 102 Å². The third kappa shape index (κ3) is 2.11. The molecule has 1 aliphatic rings. The van der Waals surface area contributed by atoms with Crippen molar-refractivity contribution in [3.63, 3.8) is 0 Å². The number of phenols is 1. The van der Waals surface area contributed by atoms with Crippen molar-refractivity contribution in [3.8, 4) is 5.75 Å². The van der Waals surface area contributed by atoms with E-state index < -0.39 is 28.1 Å². The quantitative estimate of drug-likeness (QED) is 0.642. The van der Waals surface area contributed by atoms with E-state index in [1.165, 1.54) is 4.90 Å². The van der Waals surface area contributed by atoms with Gasteiger partial charge in [-0.1, -0.05) is 0 Å². The second-order valence-corrected chi connectivity index (χ2v) is 4.08. The Hall–Kier alpha value is -2.18. The number of hydrogen-bond donors (Lipinski definition) is 1. The average molecular weight is 254 g/mol. The fourth-order valence-corrected chi connectivity index (χ4v) is 1.96. The number of likely N-dealkylation sites (tertiary alicyclic amines) is 1. The molecule has 2 rings (SSSR count). The molecule has 1 aliphatic heterocycles. The SMILES string of the molecule is O=C(c1cc(F)c(O)cc1[N+](=O)[O-])N1CCCC1. The molecular weight excluding hydrogens is 243 g/mol. The van der Waals surface area contributed by atoms with Crippen LogP contribution in [-0.4, -0.2) is 33.9 Å². The van der Waals surface area contributed by atoms with Crippen molar-refractivity contribution >= 4 is 11.6 Å². The molecule has 18 heavy (non-hydrogen) atoms. The van der Waals surface area contributed by atoms with Gasteiger partial charge in [0.2, 0.25) is 0 Å². The van der Waals surface area contributed by atoms with Crippen LogP contribution in [-0.2, 0) is 0 Å². The van der Waals surface area contributed by atoms with Crippen molar-refractivity contribution in [2.45, 2.75) is 12.8 Å². The van der Waals surface area contributed by atoms with E-state index in [1.807, 2.05) is 0 Å². The van der Waals surface area contributed by atoms with Gasteiger partial charge in [0.25, 0.3) is 11.6 Å². The molecule has 0 aliphatic carbocycles. The van der Waals surface area contributed by atoms with Crippen LogP contribution in [0.5, 0.6) is 5.75 Å². The summed E-state index contributed by atoms with van der Waals surface area (Å²) in [6.07, 6.45) is 1.67. The summed E-state index contributed by atoms with van der Waals surface area (Å²) in [5, 5.41) is 19.9. The molecule has 1 fully saturated rings. The summed E-state index contributed by atoms with van der Waals surface area (Å²) in [4.78, 5) is 23.5. The molecule has 0 saturated carbocycles.